The maximum atomic E-state index is 11.8. The minimum absolute atomic E-state index is 0.127. The topological polar surface area (TPSA) is 77.8 Å². The first kappa shape index (κ1) is 14.2. The first-order valence-corrected chi connectivity index (χ1v) is 6.64. The second-order valence-corrected chi connectivity index (χ2v) is 4.83. The number of amides is 1. The summed E-state index contributed by atoms with van der Waals surface area (Å²) in [6, 6.07) is 9.21. The maximum absolute atomic E-state index is 11.8. The summed E-state index contributed by atoms with van der Waals surface area (Å²) in [5.74, 6) is -0.127. The lowest BCUT2D eigenvalue weighted by Gasteiger charge is -2.06. The van der Waals surface area contributed by atoms with Gasteiger partial charge in [-0.1, -0.05) is 18.2 Å². The molecule has 1 aromatic carbocycles. The first-order valence-electron chi connectivity index (χ1n) is 6.23. The highest BCUT2D eigenvalue weighted by atomic mass is 32.1. The molecule has 0 atom stereocenters. The summed E-state index contributed by atoms with van der Waals surface area (Å²) >= 11 is 4.88. The van der Waals surface area contributed by atoms with Crippen LogP contribution in [-0.2, 0) is 11.2 Å². The quantitative estimate of drug-likeness (QED) is 0.756. The number of para-hydroxylation sites is 1. The summed E-state index contributed by atoms with van der Waals surface area (Å²) < 4.78 is 0.296. The third-order valence-electron chi connectivity index (χ3n) is 2.91. The first-order chi connectivity index (χ1) is 9.56. The molecule has 0 fully saturated rings. The van der Waals surface area contributed by atoms with Crippen molar-refractivity contribution in [1.82, 2.24) is 9.97 Å². The van der Waals surface area contributed by atoms with Gasteiger partial charge in [0.15, 0.2) is 4.77 Å². The Morgan fingerprint density at radius 3 is 2.60 bits per heavy atom. The SMILES string of the molecule is Cc1[nH]c(=S)[nH]c(=O)c1CCC(=O)Nc1ccccc1. The lowest BCUT2D eigenvalue weighted by atomic mass is 10.1. The van der Waals surface area contributed by atoms with Crippen LogP contribution in [0.4, 0.5) is 5.69 Å². The zero-order valence-electron chi connectivity index (χ0n) is 11.0. The van der Waals surface area contributed by atoms with Crippen LogP contribution >= 0.6 is 12.2 Å². The number of benzene rings is 1. The largest absolute Gasteiger partial charge is 0.336 e. The molecule has 0 unspecified atom stereocenters. The van der Waals surface area contributed by atoms with Crippen LogP contribution < -0.4 is 10.9 Å². The van der Waals surface area contributed by atoms with Crippen molar-refractivity contribution in [3.63, 3.8) is 0 Å². The van der Waals surface area contributed by atoms with E-state index in [2.05, 4.69) is 15.3 Å². The molecular weight excluding hydrogens is 274 g/mol. The number of carbonyl (C=O) groups is 1. The van der Waals surface area contributed by atoms with Crippen molar-refractivity contribution < 1.29 is 4.79 Å². The Kier molecular flexibility index (Phi) is 4.47. The molecule has 0 bridgehead atoms. The Balaban J connectivity index is 2.01. The molecule has 0 spiro atoms. The smallest absolute Gasteiger partial charge is 0.255 e. The second-order valence-electron chi connectivity index (χ2n) is 4.43. The third kappa shape index (κ3) is 3.64. The van der Waals surface area contributed by atoms with Gasteiger partial charge in [-0.3, -0.25) is 14.6 Å². The Morgan fingerprint density at radius 1 is 1.25 bits per heavy atom. The maximum Gasteiger partial charge on any atom is 0.255 e. The van der Waals surface area contributed by atoms with Gasteiger partial charge in [0.05, 0.1) is 0 Å². The number of nitrogens with one attached hydrogen (secondary N) is 3. The Labute approximate surface area is 121 Å². The van der Waals surface area contributed by atoms with E-state index < -0.39 is 0 Å². The molecular formula is C14H15N3O2S. The van der Waals surface area contributed by atoms with E-state index >= 15 is 0 Å². The highest BCUT2D eigenvalue weighted by Gasteiger charge is 2.08. The predicted octanol–water partition coefficient (Wildman–Crippen LogP) is 2.31. The number of hydrogen-bond acceptors (Lipinski definition) is 3. The monoisotopic (exact) mass is 289 g/mol. The molecule has 0 aliphatic heterocycles. The fourth-order valence-corrected chi connectivity index (χ4v) is 2.16. The van der Waals surface area contributed by atoms with Gasteiger partial charge in [0.2, 0.25) is 5.91 Å². The molecule has 6 heteroatoms. The molecule has 1 aromatic heterocycles. The lowest BCUT2D eigenvalue weighted by molar-refractivity contribution is -0.116. The summed E-state index contributed by atoms with van der Waals surface area (Å²) in [5, 5.41) is 2.78. The Bertz CT molecular complexity index is 719. The van der Waals surface area contributed by atoms with E-state index in [4.69, 9.17) is 12.2 Å². The molecule has 20 heavy (non-hydrogen) atoms. The molecule has 2 rings (SSSR count). The number of aromatic nitrogens is 2. The second kappa shape index (κ2) is 6.29. The average molecular weight is 289 g/mol. The van der Waals surface area contributed by atoms with Gasteiger partial charge in [-0.05, 0) is 37.7 Å². The van der Waals surface area contributed by atoms with Crippen LogP contribution in [0.3, 0.4) is 0 Å². The number of H-pyrrole nitrogens is 2. The number of aromatic amines is 2. The number of hydrogen-bond donors (Lipinski definition) is 3. The van der Waals surface area contributed by atoms with E-state index in [1.165, 1.54) is 0 Å². The van der Waals surface area contributed by atoms with Crippen molar-refractivity contribution in [2.45, 2.75) is 19.8 Å². The summed E-state index contributed by atoms with van der Waals surface area (Å²) in [7, 11) is 0. The van der Waals surface area contributed by atoms with Crippen LogP contribution in [0.15, 0.2) is 35.1 Å². The van der Waals surface area contributed by atoms with Crippen LogP contribution in [0.25, 0.3) is 0 Å². The van der Waals surface area contributed by atoms with Crippen LogP contribution in [0, 0.1) is 11.7 Å². The van der Waals surface area contributed by atoms with Crippen LogP contribution in [0.5, 0.6) is 0 Å². The fraction of sp³-hybridized carbons (Fsp3) is 0.214. The minimum atomic E-state index is -0.237. The zero-order valence-corrected chi connectivity index (χ0v) is 11.8. The normalized spacial score (nSPS) is 10.2. The zero-order chi connectivity index (χ0) is 14.5. The molecule has 1 amide bonds. The van der Waals surface area contributed by atoms with Gasteiger partial charge in [-0.25, -0.2) is 0 Å². The summed E-state index contributed by atoms with van der Waals surface area (Å²) in [4.78, 5) is 29.0. The van der Waals surface area contributed by atoms with Gasteiger partial charge >= 0.3 is 0 Å². The molecule has 0 radical (unpaired) electrons. The third-order valence-corrected chi connectivity index (χ3v) is 3.12. The van der Waals surface area contributed by atoms with Gasteiger partial charge in [0.25, 0.3) is 5.56 Å². The number of anilines is 1. The standard InChI is InChI=1S/C14H15N3O2S/c1-9-11(13(19)17-14(20)15-9)7-8-12(18)16-10-5-3-2-4-6-10/h2-6H,7-8H2,1H3,(H,16,18)(H2,15,17,19,20). The van der Waals surface area contributed by atoms with Crippen molar-refractivity contribution in [2.24, 2.45) is 0 Å². The molecule has 0 aliphatic carbocycles. The highest BCUT2D eigenvalue weighted by Crippen LogP contribution is 2.07. The highest BCUT2D eigenvalue weighted by molar-refractivity contribution is 7.71. The molecule has 1 heterocycles. The Morgan fingerprint density at radius 2 is 1.95 bits per heavy atom. The van der Waals surface area contributed by atoms with E-state index in [1.54, 1.807) is 6.92 Å². The van der Waals surface area contributed by atoms with Crippen LogP contribution in [0.2, 0.25) is 0 Å². The molecule has 0 saturated carbocycles. The molecule has 104 valence electrons. The van der Waals surface area contributed by atoms with E-state index in [1.807, 2.05) is 30.3 Å². The molecule has 2 aromatic rings. The van der Waals surface area contributed by atoms with Crippen molar-refractivity contribution in [1.29, 1.82) is 0 Å². The summed E-state index contributed by atoms with van der Waals surface area (Å²) in [6.07, 6.45) is 0.607. The van der Waals surface area contributed by atoms with Crippen LogP contribution in [-0.4, -0.2) is 15.9 Å². The number of carbonyl (C=O) groups excluding carboxylic acids is 1. The molecule has 3 N–H and O–H groups in total. The van der Waals surface area contributed by atoms with Crippen molar-refractivity contribution in [3.8, 4) is 0 Å². The predicted molar refractivity (Wildman–Crippen MR) is 80.4 cm³/mol. The lowest BCUT2D eigenvalue weighted by Crippen LogP contribution is -2.19. The van der Waals surface area contributed by atoms with E-state index in [9.17, 15) is 9.59 Å². The van der Waals surface area contributed by atoms with Gasteiger partial charge < -0.3 is 10.3 Å². The fourth-order valence-electron chi connectivity index (χ4n) is 1.91. The minimum Gasteiger partial charge on any atom is -0.336 e. The molecule has 0 aliphatic rings. The van der Waals surface area contributed by atoms with E-state index in [0.717, 1.165) is 5.69 Å². The number of aryl methyl sites for hydroxylation is 1. The van der Waals surface area contributed by atoms with Crippen molar-refractivity contribution in [2.75, 3.05) is 5.32 Å². The molecule has 5 nitrogen and oxygen atoms in total. The van der Waals surface area contributed by atoms with Crippen molar-refractivity contribution in [3.05, 3.63) is 56.7 Å². The van der Waals surface area contributed by atoms with Crippen LogP contribution in [0.1, 0.15) is 17.7 Å². The average Bonchev–Trinajstić information content (AvgIpc) is 2.38. The van der Waals surface area contributed by atoms with Gasteiger partial charge in [0.1, 0.15) is 0 Å². The van der Waals surface area contributed by atoms with E-state index in [0.29, 0.717) is 22.4 Å². The Hall–Kier alpha value is -2.21. The van der Waals surface area contributed by atoms with Gasteiger partial charge in [-0.2, -0.15) is 0 Å². The number of rotatable bonds is 4. The van der Waals surface area contributed by atoms with Gasteiger partial charge in [0, 0.05) is 23.4 Å². The van der Waals surface area contributed by atoms with Crippen molar-refractivity contribution >= 4 is 23.8 Å². The summed E-state index contributed by atoms with van der Waals surface area (Å²) in [5.41, 5.74) is 1.77. The van der Waals surface area contributed by atoms with Gasteiger partial charge in [-0.15, -0.1) is 0 Å². The van der Waals surface area contributed by atoms with E-state index in [-0.39, 0.29) is 17.9 Å². The molecule has 0 saturated heterocycles. The summed E-state index contributed by atoms with van der Waals surface area (Å²) in [6.45, 7) is 1.77.